The Labute approximate surface area is 237 Å². The van der Waals surface area contributed by atoms with Gasteiger partial charge in [-0.15, -0.1) is 0 Å². The largest absolute Gasteiger partial charge is 0.388 e. The van der Waals surface area contributed by atoms with Gasteiger partial charge in [0.15, 0.2) is 0 Å². The van der Waals surface area contributed by atoms with Crippen molar-refractivity contribution in [3.63, 3.8) is 0 Å². The second-order valence-electron chi connectivity index (χ2n) is 16.6. The molecule has 8 aliphatic carbocycles. The first kappa shape index (κ1) is 27.0. The Hall–Kier alpha value is -0.900. The molecule has 0 aromatic carbocycles. The first-order valence-electron chi connectivity index (χ1n) is 17.2. The lowest BCUT2D eigenvalue weighted by atomic mass is 9.44. The third kappa shape index (κ3) is 4.30. The van der Waals surface area contributed by atoms with Crippen LogP contribution in [0.4, 0.5) is 0 Å². The molecule has 0 aromatic rings. The van der Waals surface area contributed by atoms with Gasteiger partial charge >= 0.3 is 0 Å². The topological polar surface area (TPSA) is 57.6 Å². The highest BCUT2D eigenvalue weighted by Crippen LogP contribution is 2.66. The molecule has 1 N–H and O–H groups in total. The average Bonchev–Trinajstić information content (AvgIpc) is 3.20. The van der Waals surface area contributed by atoms with Crippen LogP contribution in [0.3, 0.4) is 0 Å². The molecule has 8 aliphatic rings. The molecule has 4 nitrogen and oxygen atoms in total. The SMILES string of the molecule is CCCC(=O)N(CC1C2CC3CC(C2)CC1C3)C[C@@]1(O)CC[C@@]2(C)C(CC[C@@H]3[C@@H]2CC[C@]2(C)C(=O)CC[C@@H]32)C1. The summed E-state index contributed by atoms with van der Waals surface area (Å²) in [6.07, 6.45) is 18.0. The highest BCUT2D eigenvalue weighted by atomic mass is 16.3. The molecule has 0 saturated heterocycles. The zero-order valence-electron chi connectivity index (χ0n) is 25.1. The number of amides is 1. The van der Waals surface area contributed by atoms with Gasteiger partial charge in [-0.2, -0.15) is 0 Å². The van der Waals surface area contributed by atoms with Crippen LogP contribution in [0.25, 0.3) is 0 Å². The standard InChI is InChI=1S/C35H55NO3/c1-4-5-32(38)36(20-28-24-15-22-14-23(17-24)18-25(28)16-22)21-35(39)13-12-33(2)26(19-35)6-7-27-29-8-9-31(37)34(29,3)11-10-30(27)33/h22-30,39H,4-21H2,1-3H3/t22?,23?,24?,25?,26?,27-,28?,29-,30-,33-,34-,35+/m0/s1. The summed E-state index contributed by atoms with van der Waals surface area (Å²) in [7, 11) is 0. The van der Waals surface area contributed by atoms with E-state index < -0.39 is 5.60 Å². The minimum absolute atomic E-state index is 0.0577. The van der Waals surface area contributed by atoms with Gasteiger partial charge in [-0.3, -0.25) is 9.59 Å². The Morgan fingerprint density at radius 2 is 1.64 bits per heavy atom. The van der Waals surface area contributed by atoms with Gasteiger partial charge in [-0.25, -0.2) is 0 Å². The third-order valence-corrected chi connectivity index (χ3v) is 14.7. The number of rotatable bonds is 6. The lowest BCUT2D eigenvalue weighted by Crippen LogP contribution is -2.59. The number of hydrogen-bond acceptors (Lipinski definition) is 3. The van der Waals surface area contributed by atoms with E-state index in [0.29, 0.717) is 48.3 Å². The lowest BCUT2D eigenvalue weighted by molar-refractivity contribution is -0.163. The number of nitrogens with zero attached hydrogens (tertiary/aromatic N) is 1. The number of aliphatic hydroxyl groups is 1. The summed E-state index contributed by atoms with van der Waals surface area (Å²) in [6.45, 7) is 8.40. The van der Waals surface area contributed by atoms with Gasteiger partial charge in [0.05, 0.1) is 5.60 Å². The summed E-state index contributed by atoms with van der Waals surface area (Å²) in [5.41, 5.74) is -0.515. The van der Waals surface area contributed by atoms with E-state index in [1.54, 1.807) is 0 Å². The summed E-state index contributed by atoms with van der Waals surface area (Å²) in [6, 6.07) is 0. The van der Waals surface area contributed by atoms with Crippen LogP contribution in [-0.4, -0.2) is 40.4 Å². The van der Waals surface area contributed by atoms with Crippen LogP contribution in [-0.2, 0) is 9.59 Å². The molecule has 8 saturated carbocycles. The molecule has 39 heavy (non-hydrogen) atoms. The van der Waals surface area contributed by atoms with Crippen LogP contribution in [0.1, 0.15) is 124 Å². The van der Waals surface area contributed by atoms with E-state index in [-0.39, 0.29) is 16.7 Å². The van der Waals surface area contributed by atoms with Crippen LogP contribution in [0.5, 0.6) is 0 Å². The molecule has 0 spiro atoms. The number of Topliss-reactive ketones (excluding diaryl/α,β-unsaturated/α-hetero) is 1. The van der Waals surface area contributed by atoms with E-state index in [4.69, 9.17) is 0 Å². The maximum Gasteiger partial charge on any atom is 0.222 e. The predicted octanol–water partition coefficient (Wildman–Crippen LogP) is 7.03. The summed E-state index contributed by atoms with van der Waals surface area (Å²) in [5.74, 6) is 7.57. The molecule has 0 radical (unpaired) electrons. The number of fused-ring (bicyclic) bond motifs is 5. The minimum atomic E-state index is -0.737. The average molecular weight is 538 g/mol. The van der Waals surface area contributed by atoms with Gasteiger partial charge in [0.2, 0.25) is 5.91 Å². The van der Waals surface area contributed by atoms with Gasteiger partial charge < -0.3 is 10.0 Å². The van der Waals surface area contributed by atoms with Crippen molar-refractivity contribution in [1.82, 2.24) is 4.90 Å². The molecular weight excluding hydrogens is 482 g/mol. The summed E-state index contributed by atoms with van der Waals surface area (Å²) in [5, 5.41) is 12.2. The van der Waals surface area contributed by atoms with Crippen LogP contribution in [0, 0.1) is 64.1 Å². The fraction of sp³-hybridized carbons (Fsp3) is 0.943. The van der Waals surface area contributed by atoms with E-state index in [9.17, 15) is 14.7 Å². The highest BCUT2D eigenvalue weighted by Gasteiger charge is 2.61. The molecule has 4 bridgehead atoms. The molecule has 0 aliphatic heterocycles. The van der Waals surface area contributed by atoms with E-state index >= 15 is 0 Å². The molecular formula is C35H55NO3. The Kier molecular flexibility index (Phi) is 6.61. The number of carbonyl (C=O) groups excluding carboxylic acids is 2. The van der Waals surface area contributed by atoms with Crippen molar-refractivity contribution in [2.24, 2.45) is 64.1 Å². The van der Waals surface area contributed by atoms with Crippen LogP contribution >= 0.6 is 0 Å². The predicted molar refractivity (Wildman–Crippen MR) is 154 cm³/mol. The molecule has 8 rings (SSSR count). The summed E-state index contributed by atoms with van der Waals surface area (Å²) >= 11 is 0. The van der Waals surface area contributed by atoms with Gasteiger partial charge in [-0.1, -0.05) is 20.8 Å². The third-order valence-electron chi connectivity index (χ3n) is 14.7. The maximum absolute atomic E-state index is 13.5. The van der Waals surface area contributed by atoms with E-state index in [1.165, 1.54) is 51.4 Å². The molecule has 1 unspecified atom stereocenters. The molecule has 7 atom stereocenters. The Bertz CT molecular complexity index is 964. The Morgan fingerprint density at radius 3 is 2.33 bits per heavy atom. The minimum Gasteiger partial charge on any atom is -0.388 e. The van der Waals surface area contributed by atoms with Crippen molar-refractivity contribution in [3.05, 3.63) is 0 Å². The second kappa shape index (κ2) is 9.56. The number of carbonyl (C=O) groups is 2. The smallest absolute Gasteiger partial charge is 0.222 e. The fourth-order valence-electron chi connectivity index (χ4n) is 12.8. The fourth-order valence-corrected chi connectivity index (χ4v) is 12.8. The van der Waals surface area contributed by atoms with E-state index in [0.717, 1.165) is 75.2 Å². The zero-order valence-corrected chi connectivity index (χ0v) is 25.1. The zero-order chi connectivity index (χ0) is 27.2. The summed E-state index contributed by atoms with van der Waals surface area (Å²) in [4.78, 5) is 28.5. The molecule has 8 fully saturated rings. The summed E-state index contributed by atoms with van der Waals surface area (Å²) < 4.78 is 0. The van der Waals surface area contributed by atoms with Gasteiger partial charge in [-0.05, 0) is 149 Å². The first-order chi connectivity index (χ1) is 18.6. The Morgan fingerprint density at radius 1 is 0.923 bits per heavy atom. The monoisotopic (exact) mass is 537 g/mol. The first-order valence-corrected chi connectivity index (χ1v) is 17.2. The van der Waals surface area contributed by atoms with E-state index in [1.807, 2.05) is 0 Å². The van der Waals surface area contributed by atoms with Crippen molar-refractivity contribution in [2.45, 2.75) is 129 Å². The quantitative estimate of drug-likeness (QED) is 0.396. The van der Waals surface area contributed by atoms with Crippen molar-refractivity contribution in [3.8, 4) is 0 Å². The molecule has 0 aromatic heterocycles. The van der Waals surface area contributed by atoms with Gasteiger partial charge in [0, 0.05) is 31.3 Å². The number of ketones is 1. The van der Waals surface area contributed by atoms with Gasteiger partial charge in [0.1, 0.15) is 5.78 Å². The van der Waals surface area contributed by atoms with Crippen molar-refractivity contribution in [2.75, 3.05) is 13.1 Å². The van der Waals surface area contributed by atoms with Gasteiger partial charge in [0.25, 0.3) is 0 Å². The number of hydrogen-bond donors (Lipinski definition) is 1. The van der Waals surface area contributed by atoms with Crippen LogP contribution < -0.4 is 0 Å². The second-order valence-corrected chi connectivity index (χ2v) is 16.6. The lowest BCUT2D eigenvalue weighted by Gasteiger charge is -2.61. The van der Waals surface area contributed by atoms with Crippen LogP contribution in [0.15, 0.2) is 0 Å². The van der Waals surface area contributed by atoms with Crippen molar-refractivity contribution >= 4 is 11.7 Å². The van der Waals surface area contributed by atoms with E-state index in [2.05, 4.69) is 25.7 Å². The highest BCUT2D eigenvalue weighted by molar-refractivity contribution is 5.87. The molecule has 1 amide bonds. The Balaban J connectivity index is 1.06. The molecule has 218 valence electrons. The molecule has 0 heterocycles. The van der Waals surface area contributed by atoms with Crippen molar-refractivity contribution < 1.29 is 14.7 Å². The van der Waals surface area contributed by atoms with Crippen molar-refractivity contribution in [1.29, 1.82) is 0 Å². The molecule has 4 heteroatoms. The van der Waals surface area contributed by atoms with Crippen LogP contribution in [0.2, 0.25) is 0 Å². The maximum atomic E-state index is 13.5. The normalized spacial score (nSPS) is 51.8.